The number of hydrogen-bond donors (Lipinski definition) is 2. The van der Waals surface area contributed by atoms with Crippen LogP contribution in [0.25, 0.3) is 10.8 Å². The van der Waals surface area contributed by atoms with E-state index in [1.54, 1.807) is 0 Å². The standard InChI is InChI=1S/C17H18N2O6S/c1-25-17(22)4-2-3-11-5-6-12-9-15(20)14(8-13(12)7-11)19-10-16(21)18-26(19,23)24/h5-9,20H,2-4,10H2,1H3,(H,18,21). The molecule has 2 aromatic carbocycles. The Hall–Kier alpha value is -2.81. The minimum Gasteiger partial charge on any atom is -0.506 e. The topological polar surface area (TPSA) is 113 Å². The minimum absolute atomic E-state index is 0.0440. The Bertz CT molecular complexity index is 986. The number of nitrogens with one attached hydrogen (secondary N) is 1. The van der Waals surface area contributed by atoms with Crippen molar-refractivity contribution in [2.24, 2.45) is 0 Å². The number of carbonyl (C=O) groups is 2. The summed E-state index contributed by atoms with van der Waals surface area (Å²) in [7, 11) is -2.65. The first-order chi connectivity index (χ1) is 12.3. The van der Waals surface area contributed by atoms with Gasteiger partial charge in [0.25, 0.3) is 5.91 Å². The van der Waals surface area contributed by atoms with E-state index >= 15 is 0 Å². The van der Waals surface area contributed by atoms with E-state index in [1.807, 2.05) is 22.9 Å². The highest BCUT2D eigenvalue weighted by atomic mass is 32.2. The highest BCUT2D eigenvalue weighted by Crippen LogP contribution is 2.35. The molecule has 0 aliphatic carbocycles. The van der Waals surface area contributed by atoms with Gasteiger partial charge in [0.05, 0.1) is 12.8 Å². The van der Waals surface area contributed by atoms with Gasteiger partial charge in [0, 0.05) is 6.42 Å². The van der Waals surface area contributed by atoms with E-state index in [0.29, 0.717) is 19.3 Å². The number of phenols is 1. The molecule has 0 spiro atoms. The smallest absolute Gasteiger partial charge is 0.326 e. The van der Waals surface area contributed by atoms with Gasteiger partial charge in [-0.05, 0) is 41.3 Å². The predicted molar refractivity (Wildman–Crippen MR) is 95.0 cm³/mol. The fourth-order valence-electron chi connectivity index (χ4n) is 2.88. The molecule has 1 amide bonds. The summed E-state index contributed by atoms with van der Waals surface area (Å²) in [5.41, 5.74) is 1.01. The van der Waals surface area contributed by atoms with Gasteiger partial charge in [-0.25, -0.2) is 9.03 Å². The summed E-state index contributed by atoms with van der Waals surface area (Å²) in [4.78, 5) is 22.6. The zero-order chi connectivity index (χ0) is 18.9. The third-order valence-corrected chi connectivity index (χ3v) is 5.55. The zero-order valence-electron chi connectivity index (χ0n) is 14.1. The van der Waals surface area contributed by atoms with Crippen molar-refractivity contribution in [2.45, 2.75) is 19.3 Å². The zero-order valence-corrected chi connectivity index (χ0v) is 14.9. The van der Waals surface area contributed by atoms with Crippen molar-refractivity contribution >= 4 is 38.5 Å². The number of phenolic OH excluding ortho intramolecular Hbond substituents is 1. The van der Waals surface area contributed by atoms with E-state index in [0.717, 1.165) is 20.6 Å². The average Bonchev–Trinajstić information content (AvgIpc) is 2.86. The van der Waals surface area contributed by atoms with Crippen LogP contribution in [0, 0.1) is 0 Å². The molecule has 0 bridgehead atoms. The summed E-state index contributed by atoms with van der Waals surface area (Å²) in [5.74, 6) is -1.15. The van der Waals surface area contributed by atoms with Crippen molar-refractivity contribution in [3.8, 4) is 5.75 Å². The number of ether oxygens (including phenoxy) is 1. The van der Waals surface area contributed by atoms with E-state index in [1.165, 1.54) is 19.2 Å². The second kappa shape index (κ2) is 6.83. The normalized spacial score (nSPS) is 15.9. The Morgan fingerprint density at radius 3 is 2.69 bits per heavy atom. The quantitative estimate of drug-likeness (QED) is 0.757. The summed E-state index contributed by atoms with van der Waals surface area (Å²) in [6, 6.07) is 8.56. The van der Waals surface area contributed by atoms with Crippen LogP contribution in [0.3, 0.4) is 0 Å². The van der Waals surface area contributed by atoms with Crippen LogP contribution in [-0.4, -0.2) is 39.1 Å². The Balaban J connectivity index is 1.90. The summed E-state index contributed by atoms with van der Waals surface area (Å²) in [5, 5.41) is 11.6. The molecule has 2 aromatic rings. The van der Waals surface area contributed by atoms with E-state index in [2.05, 4.69) is 4.74 Å². The van der Waals surface area contributed by atoms with E-state index < -0.39 is 16.1 Å². The van der Waals surface area contributed by atoms with E-state index in [4.69, 9.17) is 0 Å². The number of hydrogen-bond acceptors (Lipinski definition) is 6. The number of aryl methyl sites for hydroxylation is 1. The molecule has 3 rings (SSSR count). The van der Waals surface area contributed by atoms with Gasteiger partial charge in [-0.2, -0.15) is 8.42 Å². The van der Waals surface area contributed by atoms with E-state index in [9.17, 15) is 23.1 Å². The molecule has 1 aliphatic rings. The third-order valence-electron chi connectivity index (χ3n) is 4.16. The van der Waals surface area contributed by atoms with Gasteiger partial charge in [0.15, 0.2) is 0 Å². The van der Waals surface area contributed by atoms with Gasteiger partial charge in [0.1, 0.15) is 12.3 Å². The number of fused-ring (bicyclic) bond motifs is 1. The van der Waals surface area contributed by atoms with Crippen molar-refractivity contribution in [1.82, 2.24) is 4.72 Å². The molecule has 1 fully saturated rings. The molecule has 1 heterocycles. The van der Waals surface area contributed by atoms with Crippen LogP contribution < -0.4 is 9.03 Å². The van der Waals surface area contributed by atoms with Crippen LogP contribution in [0.15, 0.2) is 30.3 Å². The second-order valence-corrected chi connectivity index (χ2v) is 7.58. The first-order valence-electron chi connectivity index (χ1n) is 7.96. The number of carbonyl (C=O) groups excluding carboxylic acids is 2. The van der Waals surface area contributed by atoms with Gasteiger partial charge < -0.3 is 9.84 Å². The number of esters is 1. The van der Waals surface area contributed by atoms with Crippen molar-refractivity contribution in [2.75, 3.05) is 18.0 Å². The molecule has 138 valence electrons. The summed E-state index contributed by atoms with van der Waals surface area (Å²) >= 11 is 0. The van der Waals surface area contributed by atoms with Crippen molar-refractivity contribution in [1.29, 1.82) is 0 Å². The maximum atomic E-state index is 12.0. The molecule has 0 saturated carbocycles. The summed E-state index contributed by atoms with van der Waals surface area (Å²) in [6.45, 7) is -0.375. The highest BCUT2D eigenvalue weighted by molar-refractivity contribution is 7.92. The number of rotatable bonds is 5. The molecule has 1 saturated heterocycles. The molecular formula is C17H18N2O6S. The molecular weight excluding hydrogens is 360 g/mol. The third kappa shape index (κ3) is 3.57. The molecule has 9 heteroatoms. The molecule has 8 nitrogen and oxygen atoms in total. The Labute approximate surface area is 150 Å². The molecule has 0 aromatic heterocycles. The lowest BCUT2D eigenvalue weighted by Gasteiger charge is -2.17. The van der Waals surface area contributed by atoms with E-state index in [-0.39, 0.29) is 24.0 Å². The van der Waals surface area contributed by atoms with Crippen LogP contribution in [0.1, 0.15) is 18.4 Å². The van der Waals surface area contributed by atoms with Crippen LogP contribution >= 0.6 is 0 Å². The monoisotopic (exact) mass is 378 g/mol. The largest absolute Gasteiger partial charge is 0.506 e. The molecule has 0 unspecified atom stereocenters. The van der Waals surface area contributed by atoms with Crippen LogP contribution in [0.5, 0.6) is 5.75 Å². The van der Waals surface area contributed by atoms with Crippen molar-refractivity contribution in [3.05, 3.63) is 35.9 Å². The Morgan fingerprint density at radius 1 is 1.27 bits per heavy atom. The number of benzene rings is 2. The first kappa shape index (κ1) is 18.0. The average molecular weight is 378 g/mol. The predicted octanol–water partition coefficient (Wildman–Crippen LogP) is 1.22. The number of nitrogens with zero attached hydrogens (tertiary/aromatic N) is 1. The lowest BCUT2D eigenvalue weighted by molar-refractivity contribution is -0.140. The first-order valence-corrected chi connectivity index (χ1v) is 9.40. The van der Waals surface area contributed by atoms with Crippen LogP contribution in [0.4, 0.5) is 5.69 Å². The fraction of sp³-hybridized carbons (Fsp3) is 0.294. The number of anilines is 1. The Kier molecular flexibility index (Phi) is 4.73. The van der Waals surface area contributed by atoms with Gasteiger partial charge in [-0.1, -0.05) is 18.2 Å². The summed E-state index contributed by atoms with van der Waals surface area (Å²) in [6.07, 6.45) is 1.60. The highest BCUT2D eigenvalue weighted by Gasteiger charge is 2.35. The maximum absolute atomic E-state index is 12.0. The molecule has 2 N–H and O–H groups in total. The van der Waals surface area contributed by atoms with Gasteiger partial charge in [0.2, 0.25) is 0 Å². The van der Waals surface area contributed by atoms with Crippen LogP contribution in [0.2, 0.25) is 0 Å². The second-order valence-electron chi connectivity index (χ2n) is 5.99. The number of methoxy groups -OCH3 is 1. The minimum atomic E-state index is -3.99. The Morgan fingerprint density at radius 2 is 2.04 bits per heavy atom. The van der Waals surface area contributed by atoms with Gasteiger partial charge in [-0.3, -0.25) is 9.59 Å². The van der Waals surface area contributed by atoms with Gasteiger partial charge in [-0.15, -0.1) is 0 Å². The van der Waals surface area contributed by atoms with Gasteiger partial charge >= 0.3 is 16.2 Å². The molecule has 26 heavy (non-hydrogen) atoms. The molecule has 0 radical (unpaired) electrons. The lowest BCUT2D eigenvalue weighted by Crippen LogP contribution is -2.29. The molecule has 0 atom stereocenters. The number of amides is 1. The molecule has 1 aliphatic heterocycles. The fourth-order valence-corrected chi connectivity index (χ4v) is 4.03. The summed E-state index contributed by atoms with van der Waals surface area (Å²) < 4.78 is 31.3. The van der Waals surface area contributed by atoms with Crippen LogP contribution in [-0.2, 0) is 31.0 Å². The SMILES string of the molecule is COC(=O)CCCc1ccc2cc(O)c(N3CC(=O)NS3(=O)=O)cc2c1. The lowest BCUT2D eigenvalue weighted by atomic mass is 10.0. The number of aromatic hydroxyl groups is 1. The maximum Gasteiger partial charge on any atom is 0.326 e. The van der Waals surface area contributed by atoms with Crippen molar-refractivity contribution < 1.29 is 27.9 Å². The van der Waals surface area contributed by atoms with Crippen molar-refractivity contribution in [3.63, 3.8) is 0 Å².